The number of ether oxygens (including phenoxy) is 1. The molecule has 1 aliphatic carbocycles. The molecule has 0 aromatic carbocycles. The maximum atomic E-state index is 11.4. The molecule has 4 nitrogen and oxygen atoms in total. The van der Waals surface area contributed by atoms with Crippen molar-refractivity contribution in [2.45, 2.75) is 44.6 Å². The van der Waals surface area contributed by atoms with Crippen molar-refractivity contribution in [1.82, 2.24) is 0 Å². The lowest BCUT2D eigenvalue weighted by molar-refractivity contribution is -0.125. The van der Waals surface area contributed by atoms with Gasteiger partial charge in [-0.2, -0.15) is 4.99 Å². The van der Waals surface area contributed by atoms with Gasteiger partial charge in [0.15, 0.2) is 6.10 Å². The lowest BCUT2D eigenvalue weighted by Crippen LogP contribution is -2.29. The van der Waals surface area contributed by atoms with Gasteiger partial charge in [0.05, 0.1) is 0 Å². The van der Waals surface area contributed by atoms with E-state index in [2.05, 4.69) is 4.99 Å². The Bertz CT molecular complexity index is 255. The van der Waals surface area contributed by atoms with Crippen molar-refractivity contribution in [3.05, 3.63) is 0 Å². The van der Waals surface area contributed by atoms with Crippen molar-refractivity contribution in [1.29, 1.82) is 0 Å². The molecule has 1 atom stereocenters. The molecule has 0 spiro atoms. The Hall–Kier alpha value is -1.06. The standard InChI is InChI=1S/C10H16N2O2/c11-10-12-9(13)8(14-10)7-5-3-1-2-4-6-7/h7-8H,1-6H2,(H2,11,12,13). The molecule has 1 fully saturated rings. The Kier molecular flexibility index (Phi) is 2.70. The van der Waals surface area contributed by atoms with Crippen molar-refractivity contribution < 1.29 is 9.53 Å². The second-order valence-electron chi connectivity index (χ2n) is 4.08. The Labute approximate surface area is 83.5 Å². The van der Waals surface area contributed by atoms with Gasteiger partial charge in [0.2, 0.25) is 0 Å². The Morgan fingerprint density at radius 3 is 2.36 bits per heavy atom. The minimum absolute atomic E-state index is 0.0456. The number of amidine groups is 1. The smallest absolute Gasteiger partial charge is 0.291 e. The molecule has 0 aromatic rings. The molecule has 1 unspecified atom stereocenters. The predicted octanol–water partition coefficient (Wildman–Crippen LogP) is 1.20. The number of carbonyl (C=O) groups is 1. The van der Waals surface area contributed by atoms with Gasteiger partial charge in [-0.15, -0.1) is 0 Å². The van der Waals surface area contributed by atoms with E-state index in [4.69, 9.17) is 10.5 Å². The van der Waals surface area contributed by atoms with Gasteiger partial charge >= 0.3 is 0 Å². The van der Waals surface area contributed by atoms with Crippen LogP contribution in [0, 0.1) is 5.92 Å². The zero-order valence-electron chi connectivity index (χ0n) is 8.24. The molecule has 1 amide bonds. The highest BCUT2D eigenvalue weighted by Gasteiger charge is 2.35. The van der Waals surface area contributed by atoms with E-state index in [-0.39, 0.29) is 18.0 Å². The first-order valence-electron chi connectivity index (χ1n) is 5.32. The van der Waals surface area contributed by atoms with E-state index in [1.165, 1.54) is 25.7 Å². The van der Waals surface area contributed by atoms with E-state index in [0.717, 1.165) is 12.8 Å². The first kappa shape index (κ1) is 9.49. The number of hydrogen-bond acceptors (Lipinski definition) is 3. The van der Waals surface area contributed by atoms with E-state index in [1.807, 2.05) is 0 Å². The molecule has 2 rings (SSSR count). The number of hydrogen-bond donors (Lipinski definition) is 1. The molecule has 14 heavy (non-hydrogen) atoms. The molecule has 2 N–H and O–H groups in total. The highest BCUT2D eigenvalue weighted by molar-refractivity contribution is 5.97. The molecular formula is C10H16N2O2. The van der Waals surface area contributed by atoms with Crippen LogP contribution in [0.15, 0.2) is 4.99 Å². The third kappa shape index (κ3) is 1.89. The second-order valence-corrected chi connectivity index (χ2v) is 4.08. The second kappa shape index (κ2) is 3.98. The van der Waals surface area contributed by atoms with Crippen LogP contribution < -0.4 is 5.73 Å². The van der Waals surface area contributed by atoms with Crippen LogP contribution in [0.2, 0.25) is 0 Å². The van der Waals surface area contributed by atoms with E-state index in [0.29, 0.717) is 5.92 Å². The summed E-state index contributed by atoms with van der Waals surface area (Å²) < 4.78 is 5.25. The fraction of sp³-hybridized carbons (Fsp3) is 0.800. The van der Waals surface area contributed by atoms with E-state index in [1.54, 1.807) is 0 Å². The molecular weight excluding hydrogens is 180 g/mol. The van der Waals surface area contributed by atoms with Gasteiger partial charge in [0, 0.05) is 5.92 Å². The maximum Gasteiger partial charge on any atom is 0.291 e. The van der Waals surface area contributed by atoms with E-state index < -0.39 is 0 Å². The van der Waals surface area contributed by atoms with Crippen molar-refractivity contribution >= 4 is 11.9 Å². The summed E-state index contributed by atoms with van der Waals surface area (Å²) in [4.78, 5) is 15.0. The lowest BCUT2D eigenvalue weighted by Gasteiger charge is -2.18. The molecule has 1 saturated carbocycles. The van der Waals surface area contributed by atoms with Crippen LogP contribution in [0.3, 0.4) is 0 Å². The largest absolute Gasteiger partial charge is 0.451 e. The fourth-order valence-corrected chi connectivity index (χ4v) is 2.29. The van der Waals surface area contributed by atoms with Gasteiger partial charge in [-0.3, -0.25) is 4.79 Å². The van der Waals surface area contributed by atoms with Gasteiger partial charge < -0.3 is 10.5 Å². The summed E-state index contributed by atoms with van der Waals surface area (Å²) in [6.45, 7) is 0. The summed E-state index contributed by atoms with van der Waals surface area (Å²) in [5, 5.41) is 0. The number of amides is 1. The van der Waals surface area contributed by atoms with Crippen molar-refractivity contribution in [3.8, 4) is 0 Å². The highest BCUT2D eigenvalue weighted by Crippen LogP contribution is 2.29. The summed E-state index contributed by atoms with van der Waals surface area (Å²) in [6, 6.07) is 0.0456. The first-order valence-corrected chi connectivity index (χ1v) is 5.32. The molecule has 2 aliphatic rings. The molecule has 78 valence electrons. The molecule has 4 heteroatoms. The molecule has 0 radical (unpaired) electrons. The van der Waals surface area contributed by atoms with Crippen LogP contribution in [0.25, 0.3) is 0 Å². The van der Waals surface area contributed by atoms with Crippen LogP contribution in [0.5, 0.6) is 0 Å². The molecule has 0 saturated heterocycles. The third-order valence-electron chi connectivity index (χ3n) is 3.04. The summed E-state index contributed by atoms with van der Waals surface area (Å²) in [7, 11) is 0. The lowest BCUT2D eigenvalue weighted by atomic mass is 9.94. The van der Waals surface area contributed by atoms with Gasteiger partial charge in [0.25, 0.3) is 11.9 Å². The van der Waals surface area contributed by atoms with Gasteiger partial charge in [-0.05, 0) is 12.8 Å². The zero-order chi connectivity index (χ0) is 9.97. The SMILES string of the molecule is NC1=NC(=O)C(C2CCCCCC2)O1. The Morgan fingerprint density at radius 1 is 1.21 bits per heavy atom. The summed E-state index contributed by atoms with van der Waals surface area (Å²) >= 11 is 0. The number of carbonyl (C=O) groups excluding carboxylic acids is 1. The van der Waals surface area contributed by atoms with Crippen molar-refractivity contribution in [2.24, 2.45) is 16.6 Å². The average Bonchev–Trinajstić information content (AvgIpc) is 2.43. The number of nitrogens with zero attached hydrogens (tertiary/aromatic N) is 1. The summed E-state index contributed by atoms with van der Waals surface area (Å²) in [5.41, 5.74) is 5.37. The number of rotatable bonds is 1. The highest BCUT2D eigenvalue weighted by atomic mass is 16.5. The van der Waals surface area contributed by atoms with Gasteiger partial charge in [-0.1, -0.05) is 25.7 Å². The summed E-state index contributed by atoms with van der Waals surface area (Å²) in [5.74, 6) is 0.143. The maximum absolute atomic E-state index is 11.4. The van der Waals surface area contributed by atoms with Crippen LogP contribution in [-0.2, 0) is 9.53 Å². The van der Waals surface area contributed by atoms with Crippen LogP contribution in [0.4, 0.5) is 0 Å². The number of aliphatic imine (C=N–C) groups is 1. The minimum Gasteiger partial charge on any atom is -0.451 e. The van der Waals surface area contributed by atoms with Crippen LogP contribution in [-0.4, -0.2) is 18.0 Å². The van der Waals surface area contributed by atoms with E-state index >= 15 is 0 Å². The van der Waals surface area contributed by atoms with Crippen molar-refractivity contribution in [3.63, 3.8) is 0 Å². The summed E-state index contributed by atoms with van der Waals surface area (Å²) in [6.07, 6.45) is 6.68. The normalized spacial score (nSPS) is 29.6. The topological polar surface area (TPSA) is 64.7 Å². The Balaban J connectivity index is 1.97. The number of nitrogens with two attached hydrogens (primary N) is 1. The Morgan fingerprint density at radius 2 is 1.86 bits per heavy atom. The van der Waals surface area contributed by atoms with Crippen LogP contribution >= 0.6 is 0 Å². The predicted molar refractivity (Wildman–Crippen MR) is 52.7 cm³/mol. The molecule has 0 bridgehead atoms. The third-order valence-corrected chi connectivity index (χ3v) is 3.04. The monoisotopic (exact) mass is 196 g/mol. The first-order chi connectivity index (χ1) is 6.77. The van der Waals surface area contributed by atoms with Gasteiger partial charge in [0.1, 0.15) is 0 Å². The quantitative estimate of drug-likeness (QED) is 0.641. The van der Waals surface area contributed by atoms with Gasteiger partial charge in [-0.25, -0.2) is 0 Å². The minimum atomic E-state index is -0.381. The molecule has 1 aliphatic heterocycles. The van der Waals surface area contributed by atoms with Crippen molar-refractivity contribution in [2.75, 3.05) is 0 Å². The van der Waals surface area contributed by atoms with E-state index in [9.17, 15) is 4.79 Å². The zero-order valence-corrected chi connectivity index (χ0v) is 8.24. The fourth-order valence-electron chi connectivity index (χ4n) is 2.29. The average molecular weight is 196 g/mol. The molecule has 0 aromatic heterocycles. The molecule has 1 heterocycles. The van der Waals surface area contributed by atoms with Crippen LogP contribution in [0.1, 0.15) is 38.5 Å².